The summed E-state index contributed by atoms with van der Waals surface area (Å²) in [5.41, 5.74) is 0.330. The van der Waals surface area contributed by atoms with Crippen LogP contribution in [0, 0.1) is 12.7 Å². The number of thiazole rings is 1. The Morgan fingerprint density at radius 2 is 2.20 bits per heavy atom. The summed E-state index contributed by atoms with van der Waals surface area (Å²) in [6.45, 7) is 1.51. The van der Waals surface area contributed by atoms with E-state index in [0.29, 0.717) is 10.6 Å². The van der Waals surface area contributed by atoms with Crippen LogP contribution in [0.15, 0.2) is 29.3 Å². The summed E-state index contributed by atoms with van der Waals surface area (Å²) >= 11 is 1.36. The molecule has 0 spiro atoms. The Kier molecular flexibility index (Phi) is 4.48. The van der Waals surface area contributed by atoms with Crippen molar-refractivity contribution in [2.45, 2.75) is 25.0 Å². The smallest absolute Gasteiger partial charge is 0.243 e. The molecule has 0 amide bonds. The first-order chi connectivity index (χ1) is 9.42. The molecule has 0 fully saturated rings. The zero-order valence-corrected chi connectivity index (χ0v) is 12.3. The highest BCUT2D eigenvalue weighted by Gasteiger charge is 2.19. The van der Waals surface area contributed by atoms with E-state index in [2.05, 4.69) is 9.71 Å². The third-order valence-corrected chi connectivity index (χ3v) is 4.88. The highest BCUT2D eigenvalue weighted by atomic mass is 32.2. The van der Waals surface area contributed by atoms with Gasteiger partial charge in [-0.1, -0.05) is 6.07 Å². The standard InChI is InChI=1S/C12H13FN2O3S2/c1-8-5-14-12(19-8)6-15-20(17,18)11-4-9(7-16)2-3-10(11)13/h2-5,15-16H,6-7H2,1H3. The fraction of sp³-hybridized carbons (Fsp3) is 0.250. The van der Waals surface area contributed by atoms with Crippen LogP contribution in [0.4, 0.5) is 4.39 Å². The second-order valence-corrected chi connectivity index (χ2v) is 7.17. The lowest BCUT2D eigenvalue weighted by molar-refractivity contribution is 0.281. The number of aromatic nitrogens is 1. The van der Waals surface area contributed by atoms with Crippen molar-refractivity contribution >= 4 is 21.4 Å². The van der Waals surface area contributed by atoms with Crippen molar-refractivity contribution in [3.05, 3.63) is 45.7 Å². The Hall–Kier alpha value is -1.35. The molecule has 0 saturated carbocycles. The maximum Gasteiger partial charge on any atom is 0.243 e. The molecule has 1 aromatic carbocycles. The molecule has 8 heteroatoms. The quantitative estimate of drug-likeness (QED) is 0.877. The fourth-order valence-corrected chi connectivity index (χ4v) is 3.50. The van der Waals surface area contributed by atoms with Crippen LogP contribution in [0.5, 0.6) is 0 Å². The number of hydrogen-bond acceptors (Lipinski definition) is 5. The van der Waals surface area contributed by atoms with Crippen LogP contribution in [0.2, 0.25) is 0 Å². The molecule has 1 heterocycles. The van der Waals surface area contributed by atoms with E-state index in [-0.39, 0.29) is 13.2 Å². The Bertz CT molecular complexity index is 713. The van der Waals surface area contributed by atoms with Gasteiger partial charge in [0.2, 0.25) is 10.0 Å². The lowest BCUT2D eigenvalue weighted by Gasteiger charge is -2.07. The first-order valence-corrected chi connectivity index (χ1v) is 8.02. The minimum absolute atomic E-state index is 0.00360. The minimum atomic E-state index is -3.98. The summed E-state index contributed by atoms with van der Waals surface area (Å²) in [5, 5.41) is 9.58. The molecule has 20 heavy (non-hydrogen) atoms. The predicted molar refractivity (Wildman–Crippen MR) is 73.2 cm³/mol. The number of nitrogens with zero attached hydrogens (tertiary/aromatic N) is 1. The van der Waals surface area contributed by atoms with Crippen molar-refractivity contribution in [3.8, 4) is 0 Å². The highest BCUT2D eigenvalue weighted by Crippen LogP contribution is 2.18. The van der Waals surface area contributed by atoms with Crippen molar-refractivity contribution < 1.29 is 17.9 Å². The van der Waals surface area contributed by atoms with Gasteiger partial charge in [0.1, 0.15) is 15.7 Å². The Labute approximate surface area is 120 Å². The number of rotatable bonds is 5. The molecule has 0 aliphatic carbocycles. The zero-order chi connectivity index (χ0) is 14.8. The van der Waals surface area contributed by atoms with E-state index in [1.54, 1.807) is 6.20 Å². The predicted octanol–water partition coefficient (Wildman–Crippen LogP) is 1.56. The van der Waals surface area contributed by atoms with Gasteiger partial charge in [-0.2, -0.15) is 0 Å². The monoisotopic (exact) mass is 316 g/mol. The summed E-state index contributed by atoms with van der Waals surface area (Å²) in [5.74, 6) is -0.856. The van der Waals surface area contributed by atoms with Gasteiger partial charge in [0, 0.05) is 11.1 Å². The van der Waals surface area contributed by atoms with Crippen LogP contribution in [-0.4, -0.2) is 18.5 Å². The fourth-order valence-electron chi connectivity index (χ4n) is 1.57. The summed E-state index contributed by atoms with van der Waals surface area (Å²) < 4.78 is 40.0. The molecule has 0 saturated heterocycles. The summed E-state index contributed by atoms with van der Waals surface area (Å²) in [6, 6.07) is 3.47. The second kappa shape index (κ2) is 5.96. The Morgan fingerprint density at radius 3 is 2.80 bits per heavy atom. The summed E-state index contributed by atoms with van der Waals surface area (Å²) in [4.78, 5) is 4.52. The van der Waals surface area contributed by atoms with E-state index in [0.717, 1.165) is 17.0 Å². The molecule has 108 valence electrons. The number of nitrogens with one attached hydrogen (secondary N) is 1. The van der Waals surface area contributed by atoms with Crippen molar-refractivity contribution in [2.24, 2.45) is 0 Å². The van der Waals surface area contributed by atoms with E-state index < -0.39 is 20.7 Å². The van der Waals surface area contributed by atoms with Gasteiger partial charge in [-0.25, -0.2) is 22.5 Å². The Balaban J connectivity index is 2.21. The Morgan fingerprint density at radius 1 is 1.45 bits per heavy atom. The van der Waals surface area contributed by atoms with Gasteiger partial charge in [0.25, 0.3) is 0 Å². The normalized spacial score (nSPS) is 11.8. The number of sulfonamides is 1. The average Bonchev–Trinajstić information content (AvgIpc) is 2.83. The molecule has 2 N–H and O–H groups in total. The van der Waals surface area contributed by atoms with Crippen LogP contribution in [0.3, 0.4) is 0 Å². The van der Waals surface area contributed by atoms with Gasteiger partial charge >= 0.3 is 0 Å². The number of benzene rings is 1. The van der Waals surface area contributed by atoms with E-state index in [1.165, 1.54) is 17.4 Å². The SMILES string of the molecule is Cc1cnc(CNS(=O)(=O)c2cc(CO)ccc2F)s1. The third kappa shape index (κ3) is 3.40. The topological polar surface area (TPSA) is 79.3 Å². The van der Waals surface area contributed by atoms with Gasteiger partial charge in [0.15, 0.2) is 0 Å². The first kappa shape index (κ1) is 15.0. The van der Waals surface area contributed by atoms with E-state index in [4.69, 9.17) is 5.11 Å². The number of aryl methyl sites for hydroxylation is 1. The van der Waals surface area contributed by atoms with Gasteiger partial charge in [-0.3, -0.25) is 0 Å². The largest absolute Gasteiger partial charge is 0.392 e. The van der Waals surface area contributed by atoms with Crippen molar-refractivity contribution in [2.75, 3.05) is 0 Å². The van der Waals surface area contributed by atoms with Crippen LogP contribution < -0.4 is 4.72 Å². The number of halogens is 1. The lowest BCUT2D eigenvalue weighted by Crippen LogP contribution is -2.24. The highest BCUT2D eigenvalue weighted by molar-refractivity contribution is 7.89. The zero-order valence-electron chi connectivity index (χ0n) is 10.6. The van der Waals surface area contributed by atoms with Crippen LogP contribution in [-0.2, 0) is 23.2 Å². The molecular formula is C12H13FN2O3S2. The third-order valence-electron chi connectivity index (χ3n) is 2.55. The summed E-state index contributed by atoms with van der Waals surface area (Å²) in [6.07, 6.45) is 1.64. The van der Waals surface area contributed by atoms with Crippen molar-refractivity contribution in [3.63, 3.8) is 0 Å². The number of aliphatic hydroxyl groups excluding tert-OH is 1. The molecule has 2 aromatic rings. The van der Waals surface area contributed by atoms with Gasteiger partial charge < -0.3 is 5.11 Å². The maximum absolute atomic E-state index is 13.6. The van der Waals surface area contributed by atoms with Crippen LogP contribution >= 0.6 is 11.3 Å². The number of aliphatic hydroxyl groups is 1. The molecule has 0 aliphatic heterocycles. The molecule has 2 rings (SSSR count). The minimum Gasteiger partial charge on any atom is -0.392 e. The first-order valence-electron chi connectivity index (χ1n) is 5.72. The van der Waals surface area contributed by atoms with Crippen molar-refractivity contribution in [1.82, 2.24) is 9.71 Å². The molecule has 0 unspecified atom stereocenters. The molecule has 0 aliphatic rings. The van der Waals surface area contributed by atoms with E-state index >= 15 is 0 Å². The van der Waals surface area contributed by atoms with Crippen LogP contribution in [0.1, 0.15) is 15.4 Å². The summed E-state index contributed by atoms with van der Waals surface area (Å²) in [7, 11) is -3.98. The molecule has 1 aromatic heterocycles. The van der Waals surface area contributed by atoms with E-state index in [9.17, 15) is 12.8 Å². The van der Waals surface area contributed by atoms with Gasteiger partial charge in [-0.15, -0.1) is 11.3 Å². The lowest BCUT2D eigenvalue weighted by atomic mass is 10.2. The molecule has 5 nitrogen and oxygen atoms in total. The van der Waals surface area contributed by atoms with Gasteiger partial charge in [-0.05, 0) is 24.6 Å². The van der Waals surface area contributed by atoms with Crippen molar-refractivity contribution in [1.29, 1.82) is 0 Å². The maximum atomic E-state index is 13.6. The molecular weight excluding hydrogens is 303 g/mol. The van der Waals surface area contributed by atoms with E-state index in [1.807, 2.05) is 6.92 Å². The average molecular weight is 316 g/mol. The molecule has 0 bridgehead atoms. The second-order valence-electron chi connectivity index (χ2n) is 4.11. The van der Waals surface area contributed by atoms with Gasteiger partial charge in [0.05, 0.1) is 13.2 Å². The number of hydrogen-bond donors (Lipinski definition) is 2. The molecule has 0 atom stereocenters. The molecule has 0 radical (unpaired) electrons. The van der Waals surface area contributed by atoms with Crippen LogP contribution in [0.25, 0.3) is 0 Å².